The van der Waals surface area contributed by atoms with Crippen LogP contribution in [-0.4, -0.2) is 128 Å². The third kappa shape index (κ3) is 33.3. The highest BCUT2D eigenvalue weighted by molar-refractivity contribution is 6.12. The number of imide groups is 1. The summed E-state index contributed by atoms with van der Waals surface area (Å²) < 4.78 is 15.6. The number of nitrogens with zero attached hydrogens (tertiary/aromatic N) is 1. The van der Waals surface area contributed by atoms with Crippen LogP contribution in [0.1, 0.15) is 47.5 Å². The Hall–Kier alpha value is -3.24. The summed E-state index contributed by atoms with van der Waals surface area (Å²) in [6.07, 6.45) is 5.30. The van der Waals surface area contributed by atoms with Gasteiger partial charge in [0.15, 0.2) is 0 Å². The Bertz CT molecular complexity index is 750. The van der Waals surface area contributed by atoms with E-state index in [9.17, 15) is 28.8 Å². The second kappa shape index (κ2) is 37.8. The van der Waals surface area contributed by atoms with Crippen LogP contribution in [0.25, 0.3) is 0 Å². The van der Waals surface area contributed by atoms with Crippen LogP contribution in [0.4, 0.5) is 4.79 Å². The van der Waals surface area contributed by atoms with E-state index in [0.29, 0.717) is 58.9 Å². The summed E-state index contributed by atoms with van der Waals surface area (Å²) in [6.45, 7) is 13.3. The van der Waals surface area contributed by atoms with Crippen molar-refractivity contribution < 1.29 is 43.0 Å². The highest BCUT2D eigenvalue weighted by Crippen LogP contribution is 2.02. The smallest absolute Gasteiger partial charge is 0.312 e. The highest BCUT2D eigenvalue weighted by Gasteiger charge is 2.22. The molecule has 5 amide bonds. The topological polar surface area (TPSA) is 207 Å². The molecule has 1 heterocycles. The van der Waals surface area contributed by atoms with Crippen molar-refractivity contribution in [3.05, 3.63) is 12.2 Å². The van der Waals surface area contributed by atoms with Gasteiger partial charge in [-0.05, 0) is 33.5 Å². The molecule has 1 aliphatic rings. The van der Waals surface area contributed by atoms with E-state index in [-0.39, 0.29) is 42.8 Å². The molecule has 0 aromatic carbocycles. The summed E-state index contributed by atoms with van der Waals surface area (Å²) in [6, 6.07) is -0.660. The Kier molecular flexibility index (Phi) is 40.9. The van der Waals surface area contributed by atoms with Crippen LogP contribution in [0.3, 0.4) is 0 Å². The molecule has 15 heteroatoms. The molecule has 0 saturated heterocycles. The number of nitrogens with two attached hydrogens (primary N) is 1. The molecule has 0 saturated carbocycles. The van der Waals surface area contributed by atoms with Crippen LogP contribution in [0.5, 0.6) is 0 Å². The van der Waals surface area contributed by atoms with Crippen LogP contribution in [-0.2, 0) is 38.2 Å². The SMILES string of the molecule is CC.CCCNC(N)=O.CNC.CNC(C(=O)NCC=O)C(C)C.O=CCCOCCOCCOCCN1C(=O)C=CC1=O. The maximum Gasteiger partial charge on any atom is 0.312 e. The lowest BCUT2D eigenvalue weighted by Crippen LogP contribution is -2.46. The van der Waals surface area contributed by atoms with Gasteiger partial charge in [-0.1, -0.05) is 34.6 Å². The average molecular weight is 635 g/mol. The zero-order chi connectivity index (χ0) is 34.6. The Morgan fingerprint density at radius 1 is 0.864 bits per heavy atom. The van der Waals surface area contributed by atoms with Gasteiger partial charge in [-0.3, -0.25) is 19.3 Å². The number of likely N-dealkylation sites (N-methyl/N-ethyl adjacent to an activating group) is 1. The second-order valence-corrected chi connectivity index (χ2v) is 8.67. The highest BCUT2D eigenvalue weighted by atomic mass is 16.5. The summed E-state index contributed by atoms with van der Waals surface area (Å²) in [5, 5.41) is 10.6. The fourth-order valence-electron chi connectivity index (χ4n) is 2.75. The number of nitrogens with one attached hydrogen (secondary N) is 4. The molecule has 1 aliphatic heterocycles. The molecule has 1 atom stereocenters. The lowest BCUT2D eigenvalue weighted by Gasteiger charge is -2.18. The van der Waals surface area contributed by atoms with Crippen molar-refractivity contribution in [3.8, 4) is 0 Å². The van der Waals surface area contributed by atoms with Gasteiger partial charge in [0.1, 0.15) is 12.6 Å². The predicted molar refractivity (Wildman–Crippen MR) is 170 cm³/mol. The first kappa shape index (κ1) is 47.7. The van der Waals surface area contributed by atoms with Crippen molar-refractivity contribution in [2.24, 2.45) is 11.7 Å². The number of ether oxygens (including phenoxy) is 3. The van der Waals surface area contributed by atoms with Gasteiger partial charge in [0.2, 0.25) is 5.91 Å². The van der Waals surface area contributed by atoms with E-state index >= 15 is 0 Å². The van der Waals surface area contributed by atoms with Crippen LogP contribution in [0.2, 0.25) is 0 Å². The van der Waals surface area contributed by atoms with E-state index in [1.54, 1.807) is 7.05 Å². The van der Waals surface area contributed by atoms with Gasteiger partial charge in [0.05, 0.1) is 58.8 Å². The molecular formula is C29H58N6O9. The fourth-order valence-corrected chi connectivity index (χ4v) is 2.75. The Morgan fingerprint density at radius 2 is 1.34 bits per heavy atom. The zero-order valence-electron chi connectivity index (χ0n) is 27.9. The standard InChI is InChI=1S/C13H19NO6.C8H16N2O2.C4H10N2O.C2H7N.C2H6/c15-5-1-6-18-8-10-20-11-9-19-7-4-14-12(16)2-3-13(14)17;1-6(2)7(9-3)8(12)10-4-5-11;1-2-3-6-4(5)7;1-3-2;1-2/h2-3,5H,1,4,6-11H2;5-7,9H,4H2,1-3H3,(H,10,12);2-3H2,1H3,(H3,5,6,7);3H,1-2H3;1-2H3. The quantitative estimate of drug-likeness (QED) is 0.0727. The molecule has 1 unspecified atom stereocenters. The molecule has 0 fully saturated rings. The van der Waals surface area contributed by atoms with Crippen molar-refractivity contribution in [3.63, 3.8) is 0 Å². The molecule has 0 aliphatic carbocycles. The summed E-state index contributed by atoms with van der Waals surface area (Å²) in [7, 11) is 5.48. The van der Waals surface area contributed by atoms with Crippen LogP contribution >= 0.6 is 0 Å². The third-order valence-electron chi connectivity index (χ3n) is 4.65. The molecule has 1 rings (SSSR count). The number of urea groups is 1. The van der Waals surface area contributed by atoms with Crippen molar-refractivity contribution in [1.29, 1.82) is 0 Å². The number of aldehydes is 2. The Balaban J connectivity index is -0.000000282. The van der Waals surface area contributed by atoms with Crippen molar-refractivity contribution >= 4 is 36.3 Å². The molecular weight excluding hydrogens is 576 g/mol. The molecule has 44 heavy (non-hydrogen) atoms. The largest absolute Gasteiger partial charge is 0.379 e. The van der Waals surface area contributed by atoms with Crippen LogP contribution < -0.4 is 27.0 Å². The van der Waals surface area contributed by atoms with Crippen LogP contribution in [0.15, 0.2) is 12.2 Å². The lowest BCUT2D eigenvalue weighted by molar-refractivity contribution is -0.137. The molecule has 0 spiro atoms. The summed E-state index contributed by atoms with van der Waals surface area (Å²) in [5.74, 6) is -0.508. The van der Waals surface area contributed by atoms with Gasteiger partial charge in [0, 0.05) is 25.1 Å². The van der Waals surface area contributed by atoms with Gasteiger partial charge in [-0.15, -0.1) is 0 Å². The second-order valence-electron chi connectivity index (χ2n) is 8.67. The molecule has 258 valence electrons. The molecule has 0 aromatic rings. The normalized spacial score (nSPS) is 11.8. The summed E-state index contributed by atoms with van der Waals surface area (Å²) in [5.41, 5.74) is 4.73. The van der Waals surface area contributed by atoms with E-state index in [0.717, 1.165) is 17.6 Å². The average Bonchev–Trinajstić information content (AvgIpc) is 3.32. The van der Waals surface area contributed by atoms with E-state index in [2.05, 4.69) is 21.3 Å². The van der Waals surface area contributed by atoms with Crippen molar-refractivity contribution in [2.75, 3.05) is 80.4 Å². The summed E-state index contributed by atoms with van der Waals surface area (Å²) >= 11 is 0. The number of amides is 5. The van der Waals surface area contributed by atoms with E-state index < -0.39 is 6.03 Å². The lowest BCUT2D eigenvalue weighted by atomic mass is 10.0. The minimum Gasteiger partial charge on any atom is -0.379 e. The first-order valence-electron chi connectivity index (χ1n) is 14.8. The molecule has 15 nitrogen and oxygen atoms in total. The fraction of sp³-hybridized carbons (Fsp3) is 0.724. The van der Waals surface area contributed by atoms with Gasteiger partial charge < -0.3 is 50.8 Å². The summed E-state index contributed by atoms with van der Waals surface area (Å²) in [4.78, 5) is 64.6. The number of carbonyl (C=O) groups excluding carboxylic acids is 6. The minimum atomic E-state index is -0.443. The maximum atomic E-state index is 11.2. The molecule has 0 bridgehead atoms. The molecule has 0 radical (unpaired) electrons. The molecule has 0 aromatic heterocycles. The van der Waals surface area contributed by atoms with Crippen LogP contribution in [0, 0.1) is 5.92 Å². The first-order valence-corrected chi connectivity index (χ1v) is 14.8. The number of hydrogen-bond donors (Lipinski definition) is 5. The van der Waals surface area contributed by atoms with E-state index in [1.807, 2.05) is 48.7 Å². The predicted octanol–water partition coefficient (Wildman–Crippen LogP) is 0.0222. The van der Waals surface area contributed by atoms with Crippen molar-refractivity contribution in [1.82, 2.24) is 26.2 Å². The van der Waals surface area contributed by atoms with Gasteiger partial charge in [0.25, 0.3) is 11.8 Å². The van der Waals surface area contributed by atoms with Gasteiger partial charge in [-0.25, -0.2) is 4.79 Å². The first-order chi connectivity index (χ1) is 21.1. The number of hydrogen-bond acceptors (Lipinski definition) is 11. The minimum absolute atomic E-state index is 0.0870. The Labute approximate surface area is 263 Å². The van der Waals surface area contributed by atoms with Gasteiger partial charge >= 0.3 is 6.03 Å². The monoisotopic (exact) mass is 634 g/mol. The Morgan fingerprint density at radius 3 is 1.70 bits per heavy atom. The van der Waals surface area contributed by atoms with E-state index in [4.69, 9.17) is 19.9 Å². The number of primary amides is 1. The number of carbonyl (C=O) groups is 6. The van der Waals surface area contributed by atoms with Crippen molar-refractivity contribution in [2.45, 2.75) is 53.5 Å². The third-order valence-corrected chi connectivity index (χ3v) is 4.65. The number of rotatable bonds is 19. The van der Waals surface area contributed by atoms with E-state index in [1.165, 1.54) is 12.2 Å². The van der Waals surface area contributed by atoms with Gasteiger partial charge in [-0.2, -0.15) is 0 Å². The maximum absolute atomic E-state index is 11.2. The zero-order valence-corrected chi connectivity index (χ0v) is 27.9. The molecule has 6 N–H and O–H groups in total.